The maximum Gasteiger partial charge on any atom is 0.194 e. The third-order valence-electron chi connectivity index (χ3n) is 5.68. The third kappa shape index (κ3) is 3.55. The quantitative estimate of drug-likeness (QED) is 0.409. The summed E-state index contributed by atoms with van der Waals surface area (Å²) < 4.78 is 11.4. The van der Waals surface area contributed by atoms with E-state index in [1.807, 2.05) is 0 Å². The van der Waals surface area contributed by atoms with Gasteiger partial charge in [-0.2, -0.15) is 0 Å². The van der Waals surface area contributed by atoms with Crippen molar-refractivity contribution >= 4 is 29.9 Å². The molecule has 1 aromatic rings. The van der Waals surface area contributed by atoms with Gasteiger partial charge < -0.3 is 24.5 Å². The monoisotopic (exact) mass is 461 g/mol. The highest BCUT2D eigenvalue weighted by molar-refractivity contribution is 14.0. The lowest BCUT2D eigenvalue weighted by Gasteiger charge is -2.25. The Morgan fingerprint density at radius 2 is 2.04 bits per heavy atom. The Labute approximate surface area is 166 Å². The van der Waals surface area contributed by atoms with E-state index in [4.69, 9.17) is 14.1 Å². The highest BCUT2D eigenvalue weighted by Gasteiger charge is 2.53. The van der Waals surface area contributed by atoms with Gasteiger partial charge in [-0.05, 0) is 38.8 Å². The molecule has 5 atom stereocenters. The zero-order valence-electron chi connectivity index (χ0n) is 14.9. The molecule has 5 unspecified atom stereocenters. The van der Waals surface area contributed by atoms with Crippen molar-refractivity contribution < 1.29 is 14.3 Å². The molecule has 140 valence electrons. The molecule has 3 saturated heterocycles. The van der Waals surface area contributed by atoms with E-state index in [1.165, 1.54) is 12.8 Å². The standard InChI is InChI=1S/C18H27N3O3.HI/c1-3-19-17(20-11-18(2,22)16-5-4-8-23-16)21-9-12-13(10-21)15-7-6-14(12)24-15;/h4-5,8,12-15,22H,3,6-7,9-11H2,1-2H3,(H,19,20);1H. The van der Waals surface area contributed by atoms with Crippen LogP contribution in [0.5, 0.6) is 0 Å². The summed E-state index contributed by atoms with van der Waals surface area (Å²) in [6, 6.07) is 3.58. The van der Waals surface area contributed by atoms with E-state index in [9.17, 15) is 5.11 Å². The first kappa shape index (κ1) is 19.0. The van der Waals surface area contributed by atoms with Crippen molar-refractivity contribution in [2.45, 2.75) is 44.5 Å². The predicted molar refractivity (Wildman–Crippen MR) is 106 cm³/mol. The largest absolute Gasteiger partial charge is 0.466 e. The minimum atomic E-state index is -1.10. The minimum absolute atomic E-state index is 0. The lowest BCUT2D eigenvalue weighted by atomic mass is 9.82. The van der Waals surface area contributed by atoms with Crippen molar-refractivity contribution in [3.05, 3.63) is 24.2 Å². The third-order valence-corrected chi connectivity index (χ3v) is 5.68. The van der Waals surface area contributed by atoms with Gasteiger partial charge in [0.15, 0.2) is 5.96 Å². The van der Waals surface area contributed by atoms with Crippen LogP contribution < -0.4 is 5.32 Å². The van der Waals surface area contributed by atoms with Crippen LogP contribution in [0, 0.1) is 11.8 Å². The summed E-state index contributed by atoms with van der Waals surface area (Å²) in [6.45, 7) is 6.91. The second kappa shape index (κ2) is 7.44. The summed E-state index contributed by atoms with van der Waals surface area (Å²) in [5, 5.41) is 14.0. The van der Waals surface area contributed by atoms with Crippen LogP contribution in [0.15, 0.2) is 27.8 Å². The van der Waals surface area contributed by atoms with Crippen LogP contribution in [-0.4, -0.2) is 54.4 Å². The molecular formula is C18H28IN3O3. The van der Waals surface area contributed by atoms with Gasteiger partial charge in [0.25, 0.3) is 0 Å². The first-order valence-electron chi connectivity index (χ1n) is 9.03. The number of aliphatic hydroxyl groups is 1. The number of halogens is 1. The van der Waals surface area contributed by atoms with Crippen LogP contribution in [0.1, 0.15) is 32.4 Å². The Morgan fingerprint density at radius 1 is 1.36 bits per heavy atom. The van der Waals surface area contributed by atoms with Gasteiger partial charge >= 0.3 is 0 Å². The fraction of sp³-hybridized carbons (Fsp3) is 0.722. The number of hydrogen-bond donors (Lipinski definition) is 2. The maximum absolute atomic E-state index is 10.6. The topological polar surface area (TPSA) is 70.2 Å². The maximum atomic E-state index is 10.6. The number of aliphatic imine (C=N–C) groups is 1. The molecule has 0 radical (unpaired) electrons. The summed E-state index contributed by atoms with van der Waals surface area (Å²) in [7, 11) is 0. The highest BCUT2D eigenvalue weighted by atomic mass is 127. The van der Waals surface area contributed by atoms with Gasteiger partial charge in [0.05, 0.1) is 25.0 Å². The SMILES string of the molecule is CCNC(=NCC(C)(O)c1ccco1)N1CC2C3CCC(O3)C2C1.I. The molecule has 3 fully saturated rings. The van der Waals surface area contributed by atoms with Gasteiger partial charge in [0.2, 0.25) is 0 Å². The van der Waals surface area contributed by atoms with E-state index in [0.29, 0.717) is 29.8 Å². The average Bonchev–Trinajstić information content (AvgIpc) is 3.33. The van der Waals surface area contributed by atoms with E-state index in [1.54, 1.807) is 25.3 Å². The average molecular weight is 461 g/mol. The molecule has 2 N–H and O–H groups in total. The number of nitrogens with zero attached hydrogens (tertiary/aromatic N) is 2. The summed E-state index contributed by atoms with van der Waals surface area (Å²) in [6.07, 6.45) is 4.88. The molecule has 7 heteroatoms. The molecule has 0 spiro atoms. The first-order chi connectivity index (χ1) is 11.6. The van der Waals surface area contributed by atoms with Crippen molar-refractivity contribution in [3.8, 4) is 0 Å². The van der Waals surface area contributed by atoms with Crippen LogP contribution in [0.2, 0.25) is 0 Å². The highest BCUT2D eigenvalue weighted by Crippen LogP contribution is 2.47. The van der Waals surface area contributed by atoms with E-state index in [-0.39, 0.29) is 30.5 Å². The molecule has 0 aliphatic carbocycles. The molecule has 0 saturated carbocycles. The molecular weight excluding hydrogens is 433 g/mol. The van der Waals surface area contributed by atoms with Gasteiger partial charge in [-0.15, -0.1) is 24.0 Å². The number of furan rings is 1. The summed E-state index contributed by atoms with van der Waals surface area (Å²) in [4.78, 5) is 7.04. The normalized spacial score (nSPS) is 33.1. The zero-order chi connectivity index (χ0) is 16.7. The van der Waals surface area contributed by atoms with Crippen molar-refractivity contribution in [1.29, 1.82) is 0 Å². The summed E-state index contributed by atoms with van der Waals surface area (Å²) >= 11 is 0. The predicted octanol–water partition coefficient (Wildman–Crippen LogP) is 2.18. The molecule has 25 heavy (non-hydrogen) atoms. The number of fused-ring (bicyclic) bond motifs is 5. The van der Waals surface area contributed by atoms with Gasteiger partial charge in [-0.3, -0.25) is 0 Å². The van der Waals surface area contributed by atoms with Crippen molar-refractivity contribution in [2.75, 3.05) is 26.2 Å². The number of ether oxygens (including phenoxy) is 1. The van der Waals surface area contributed by atoms with Gasteiger partial charge in [0.1, 0.15) is 11.4 Å². The number of hydrogen-bond acceptors (Lipinski definition) is 4. The van der Waals surface area contributed by atoms with Crippen LogP contribution in [-0.2, 0) is 10.3 Å². The molecule has 3 aliphatic rings. The van der Waals surface area contributed by atoms with Gasteiger partial charge in [-0.1, -0.05) is 0 Å². The van der Waals surface area contributed by atoms with Crippen LogP contribution in [0.25, 0.3) is 0 Å². The van der Waals surface area contributed by atoms with Crippen LogP contribution in [0.3, 0.4) is 0 Å². The molecule has 0 aromatic carbocycles. The molecule has 4 heterocycles. The zero-order valence-corrected chi connectivity index (χ0v) is 17.2. The second-order valence-electron chi connectivity index (χ2n) is 7.44. The van der Waals surface area contributed by atoms with Crippen LogP contribution >= 0.6 is 24.0 Å². The van der Waals surface area contributed by atoms with E-state index >= 15 is 0 Å². The minimum Gasteiger partial charge on any atom is -0.466 e. The van der Waals surface area contributed by atoms with Gasteiger partial charge in [0, 0.05) is 31.5 Å². The Hall–Kier alpha value is -0.800. The number of rotatable bonds is 4. The lowest BCUT2D eigenvalue weighted by molar-refractivity contribution is 0.0433. The van der Waals surface area contributed by atoms with Gasteiger partial charge in [-0.25, -0.2) is 4.99 Å². The number of nitrogens with one attached hydrogen (secondary N) is 1. The molecule has 0 amide bonds. The number of likely N-dealkylation sites (tertiary alicyclic amines) is 1. The first-order valence-corrected chi connectivity index (χ1v) is 9.03. The molecule has 6 nitrogen and oxygen atoms in total. The van der Waals surface area contributed by atoms with Crippen molar-refractivity contribution in [1.82, 2.24) is 10.2 Å². The Kier molecular flexibility index (Phi) is 5.65. The molecule has 3 aliphatic heterocycles. The van der Waals surface area contributed by atoms with E-state index < -0.39 is 5.60 Å². The fourth-order valence-corrected chi connectivity index (χ4v) is 4.45. The smallest absolute Gasteiger partial charge is 0.194 e. The van der Waals surface area contributed by atoms with Crippen LogP contribution in [0.4, 0.5) is 0 Å². The Balaban J connectivity index is 0.00000182. The summed E-state index contributed by atoms with van der Waals surface area (Å²) in [5.41, 5.74) is -1.10. The fourth-order valence-electron chi connectivity index (χ4n) is 4.45. The van der Waals surface area contributed by atoms with Crippen molar-refractivity contribution in [2.24, 2.45) is 16.8 Å². The lowest BCUT2D eigenvalue weighted by Crippen LogP contribution is -2.42. The Morgan fingerprint density at radius 3 is 2.60 bits per heavy atom. The second-order valence-corrected chi connectivity index (χ2v) is 7.44. The van der Waals surface area contributed by atoms with E-state index in [2.05, 4.69) is 17.1 Å². The molecule has 4 rings (SSSR count). The number of guanidine groups is 1. The molecule has 1 aromatic heterocycles. The summed E-state index contributed by atoms with van der Waals surface area (Å²) in [5.74, 6) is 2.71. The Bertz CT molecular complexity index is 587. The van der Waals surface area contributed by atoms with E-state index in [0.717, 1.165) is 25.6 Å². The molecule has 2 bridgehead atoms. The van der Waals surface area contributed by atoms with Crippen molar-refractivity contribution in [3.63, 3.8) is 0 Å².